The number of nitriles is 1. The summed E-state index contributed by atoms with van der Waals surface area (Å²) < 4.78 is 11.9. The highest BCUT2D eigenvalue weighted by molar-refractivity contribution is 5.45. The van der Waals surface area contributed by atoms with E-state index >= 15 is 0 Å². The number of rotatable bonds is 0. The molecule has 1 N–H and O–H groups in total. The average molecular weight is 341 g/mol. The summed E-state index contributed by atoms with van der Waals surface area (Å²) in [6, 6.07) is 2.25. The summed E-state index contributed by atoms with van der Waals surface area (Å²) in [7, 11) is 0. The SMILES string of the molecule is C[C@]12CC=C3C4=C(CCC3C1CC[C@]2(O)C#N)CC1(CC4)OCCO1. The van der Waals surface area contributed by atoms with E-state index in [1.165, 1.54) is 11.1 Å². The molecule has 0 radical (unpaired) electrons. The van der Waals surface area contributed by atoms with Gasteiger partial charge >= 0.3 is 0 Å². The molecule has 0 amide bonds. The van der Waals surface area contributed by atoms with Crippen molar-refractivity contribution < 1.29 is 14.6 Å². The zero-order valence-corrected chi connectivity index (χ0v) is 15.0. The Morgan fingerprint density at radius 2 is 2.00 bits per heavy atom. The molecule has 5 rings (SSSR count). The van der Waals surface area contributed by atoms with Crippen LogP contribution in [-0.2, 0) is 9.47 Å². The molecule has 4 aliphatic carbocycles. The fraction of sp³-hybridized carbons (Fsp3) is 0.762. The van der Waals surface area contributed by atoms with Crippen molar-refractivity contribution in [2.45, 2.75) is 69.7 Å². The first-order valence-corrected chi connectivity index (χ1v) is 9.83. The van der Waals surface area contributed by atoms with Gasteiger partial charge in [-0.15, -0.1) is 0 Å². The maximum atomic E-state index is 10.9. The Hall–Kier alpha value is -1.15. The Labute approximate surface area is 149 Å². The van der Waals surface area contributed by atoms with E-state index in [1.807, 2.05) is 0 Å². The van der Waals surface area contributed by atoms with Crippen molar-refractivity contribution in [3.8, 4) is 6.07 Å². The molecule has 0 aromatic rings. The summed E-state index contributed by atoms with van der Waals surface area (Å²) >= 11 is 0. The Morgan fingerprint density at radius 3 is 2.76 bits per heavy atom. The molecule has 1 saturated heterocycles. The monoisotopic (exact) mass is 341 g/mol. The molecular formula is C21H27NO3. The zero-order chi connectivity index (χ0) is 17.3. The topological polar surface area (TPSA) is 62.5 Å². The van der Waals surface area contributed by atoms with Gasteiger partial charge in [-0.25, -0.2) is 0 Å². The number of aliphatic hydroxyl groups is 1. The van der Waals surface area contributed by atoms with Gasteiger partial charge in [0.2, 0.25) is 0 Å². The van der Waals surface area contributed by atoms with Crippen molar-refractivity contribution >= 4 is 0 Å². The van der Waals surface area contributed by atoms with Crippen LogP contribution in [0.25, 0.3) is 0 Å². The number of fused-ring (bicyclic) bond motifs is 4. The quantitative estimate of drug-likeness (QED) is 0.684. The van der Waals surface area contributed by atoms with Gasteiger partial charge in [0.25, 0.3) is 0 Å². The van der Waals surface area contributed by atoms with E-state index < -0.39 is 5.60 Å². The first kappa shape index (κ1) is 16.1. The number of hydrogen-bond acceptors (Lipinski definition) is 4. The van der Waals surface area contributed by atoms with Gasteiger partial charge in [0, 0.05) is 18.3 Å². The van der Waals surface area contributed by atoms with Crippen molar-refractivity contribution in [3.05, 3.63) is 22.8 Å². The van der Waals surface area contributed by atoms with Gasteiger partial charge in [-0.1, -0.05) is 18.6 Å². The van der Waals surface area contributed by atoms with Crippen LogP contribution in [0, 0.1) is 28.6 Å². The van der Waals surface area contributed by atoms with Crippen LogP contribution in [0.3, 0.4) is 0 Å². The molecule has 4 atom stereocenters. The standard InChI is InChI=1S/C21H27NO3/c1-19-7-4-16-15-5-9-21(24-10-11-25-21)12-14(15)2-3-17(16)18(19)6-8-20(19,23)13-22/h4,17-18,23H,2-3,5-12H2,1H3/t17?,18?,19-,20-/m0/s1. The lowest BCUT2D eigenvalue weighted by molar-refractivity contribution is -0.164. The molecule has 5 aliphatic rings. The predicted octanol–water partition coefficient (Wildman–Crippen LogP) is 3.62. The van der Waals surface area contributed by atoms with E-state index in [2.05, 4.69) is 19.1 Å². The summed E-state index contributed by atoms with van der Waals surface area (Å²) in [6.45, 7) is 3.59. The van der Waals surface area contributed by atoms with Crippen LogP contribution in [0.2, 0.25) is 0 Å². The number of ether oxygens (including phenoxy) is 2. The Balaban J connectivity index is 1.49. The molecule has 2 unspecified atom stereocenters. The molecule has 1 saturated carbocycles. The van der Waals surface area contributed by atoms with Gasteiger partial charge in [0.1, 0.15) is 0 Å². The largest absolute Gasteiger partial charge is 0.375 e. The molecule has 134 valence electrons. The summed E-state index contributed by atoms with van der Waals surface area (Å²) in [5, 5.41) is 20.5. The van der Waals surface area contributed by atoms with Gasteiger partial charge in [-0.3, -0.25) is 0 Å². The van der Waals surface area contributed by atoms with Crippen molar-refractivity contribution in [2.75, 3.05) is 13.2 Å². The Morgan fingerprint density at radius 1 is 1.20 bits per heavy atom. The fourth-order valence-electron chi connectivity index (χ4n) is 6.49. The second kappa shape index (κ2) is 5.19. The van der Waals surface area contributed by atoms with E-state index in [9.17, 15) is 10.4 Å². The number of nitrogens with zero attached hydrogens (tertiary/aromatic N) is 1. The van der Waals surface area contributed by atoms with Gasteiger partial charge < -0.3 is 14.6 Å². The van der Waals surface area contributed by atoms with Crippen molar-refractivity contribution in [1.29, 1.82) is 5.26 Å². The summed E-state index contributed by atoms with van der Waals surface area (Å²) in [4.78, 5) is 0. The number of hydrogen-bond donors (Lipinski definition) is 1. The molecule has 25 heavy (non-hydrogen) atoms. The minimum absolute atomic E-state index is 0.290. The lowest BCUT2D eigenvalue weighted by atomic mass is 9.56. The molecule has 0 bridgehead atoms. The van der Waals surface area contributed by atoms with Gasteiger partial charge in [-0.2, -0.15) is 5.26 Å². The third-order valence-corrected chi connectivity index (χ3v) is 7.98. The molecule has 0 aromatic carbocycles. The summed E-state index contributed by atoms with van der Waals surface area (Å²) in [6.07, 6.45) is 9.96. The molecule has 1 spiro atoms. The van der Waals surface area contributed by atoms with Crippen molar-refractivity contribution in [3.63, 3.8) is 0 Å². The second-order valence-corrected chi connectivity index (χ2v) is 8.91. The molecule has 2 fully saturated rings. The Bertz CT molecular complexity index is 711. The van der Waals surface area contributed by atoms with E-state index in [4.69, 9.17) is 9.47 Å². The van der Waals surface area contributed by atoms with Crippen LogP contribution in [0.1, 0.15) is 58.3 Å². The van der Waals surface area contributed by atoms with Crippen LogP contribution in [-0.4, -0.2) is 29.7 Å². The third-order valence-electron chi connectivity index (χ3n) is 7.98. The van der Waals surface area contributed by atoms with E-state index in [-0.39, 0.29) is 11.2 Å². The molecule has 1 heterocycles. The van der Waals surface area contributed by atoms with E-state index in [0.29, 0.717) is 18.3 Å². The molecule has 4 nitrogen and oxygen atoms in total. The lowest BCUT2D eigenvalue weighted by Gasteiger charge is -2.49. The summed E-state index contributed by atoms with van der Waals surface area (Å²) in [5.41, 5.74) is 3.17. The lowest BCUT2D eigenvalue weighted by Crippen LogP contribution is -2.48. The van der Waals surface area contributed by atoms with Gasteiger partial charge in [-0.05, 0) is 61.5 Å². The fourth-order valence-corrected chi connectivity index (χ4v) is 6.49. The second-order valence-electron chi connectivity index (χ2n) is 8.91. The van der Waals surface area contributed by atoms with Gasteiger partial charge in [0.15, 0.2) is 11.4 Å². The zero-order valence-electron chi connectivity index (χ0n) is 15.0. The highest BCUT2D eigenvalue weighted by atomic mass is 16.7. The van der Waals surface area contributed by atoms with Crippen LogP contribution < -0.4 is 0 Å². The Kier molecular flexibility index (Phi) is 3.33. The first-order valence-electron chi connectivity index (χ1n) is 9.83. The van der Waals surface area contributed by atoms with Crippen molar-refractivity contribution in [2.24, 2.45) is 17.3 Å². The van der Waals surface area contributed by atoms with Crippen LogP contribution >= 0.6 is 0 Å². The highest BCUT2D eigenvalue weighted by Crippen LogP contribution is 2.62. The molecule has 4 heteroatoms. The van der Waals surface area contributed by atoms with Crippen LogP contribution in [0.15, 0.2) is 22.8 Å². The van der Waals surface area contributed by atoms with Crippen molar-refractivity contribution in [1.82, 2.24) is 0 Å². The molecular weight excluding hydrogens is 314 g/mol. The maximum absolute atomic E-state index is 10.9. The normalized spacial score (nSPS) is 44.8. The number of allylic oxidation sites excluding steroid dienone is 3. The van der Waals surface area contributed by atoms with Crippen LogP contribution in [0.5, 0.6) is 0 Å². The highest BCUT2D eigenvalue weighted by Gasteiger charge is 2.61. The van der Waals surface area contributed by atoms with E-state index in [0.717, 1.165) is 58.2 Å². The van der Waals surface area contributed by atoms with Gasteiger partial charge in [0.05, 0.1) is 19.3 Å². The van der Waals surface area contributed by atoms with E-state index in [1.54, 1.807) is 5.57 Å². The summed E-state index contributed by atoms with van der Waals surface area (Å²) in [5.74, 6) is 0.601. The minimum Gasteiger partial charge on any atom is -0.375 e. The minimum atomic E-state index is -1.16. The first-order chi connectivity index (χ1) is 12.0. The maximum Gasteiger partial charge on any atom is 0.172 e. The smallest absolute Gasteiger partial charge is 0.172 e. The van der Waals surface area contributed by atoms with Crippen LogP contribution in [0.4, 0.5) is 0 Å². The predicted molar refractivity (Wildman–Crippen MR) is 92.3 cm³/mol. The average Bonchev–Trinajstić information content (AvgIpc) is 3.18. The third kappa shape index (κ3) is 2.04. The molecule has 0 aromatic heterocycles. The molecule has 1 aliphatic heterocycles.